The average molecular weight is 496 g/mol. The molecule has 1 aromatic heterocycles. The summed E-state index contributed by atoms with van der Waals surface area (Å²) in [5, 5.41) is 0.578. The van der Waals surface area contributed by atoms with Crippen LogP contribution in [-0.4, -0.2) is 26.9 Å². The maximum atomic E-state index is 13.9. The Labute approximate surface area is 219 Å². The Morgan fingerprint density at radius 1 is 0.892 bits per heavy atom. The van der Waals surface area contributed by atoms with Gasteiger partial charge in [-0.3, -0.25) is 14.2 Å². The summed E-state index contributed by atoms with van der Waals surface area (Å²) < 4.78 is 1.72. The summed E-state index contributed by atoms with van der Waals surface area (Å²) in [5.74, 6) is 0.730. The number of carbonyl (C=O) groups excluding carboxylic acids is 1. The van der Waals surface area contributed by atoms with Crippen molar-refractivity contribution in [2.45, 2.75) is 65.3 Å². The third-order valence-corrected chi connectivity index (χ3v) is 7.01. The standard InChI is InChI=1S/C32H37N3O2/c1-4-7-17-30(36)34(23-22-25-13-9-8-10-14-25)29(6-3)31-33-28-16-12-11-15-27(28)32(37)35(31)26-20-18-24(5-2)19-21-26/h8-16,18-21,29H,4-7,17,22-23H2,1-3H3. The van der Waals surface area contributed by atoms with Crippen molar-refractivity contribution < 1.29 is 4.79 Å². The molecule has 0 aliphatic heterocycles. The van der Waals surface area contributed by atoms with E-state index in [9.17, 15) is 9.59 Å². The molecule has 1 unspecified atom stereocenters. The van der Waals surface area contributed by atoms with E-state index in [1.54, 1.807) is 4.57 Å². The number of rotatable bonds is 11. The highest BCUT2D eigenvalue weighted by Gasteiger charge is 2.28. The third-order valence-electron chi connectivity index (χ3n) is 7.01. The van der Waals surface area contributed by atoms with Gasteiger partial charge in [0.2, 0.25) is 5.91 Å². The van der Waals surface area contributed by atoms with Crippen molar-refractivity contribution in [1.29, 1.82) is 0 Å². The van der Waals surface area contributed by atoms with Crippen LogP contribution in [0.4, 0.5) is 0 Å². The minimum absolute atomic E-state index is 0.104. The first-order valence-corrected chi connectivity index (χ1v) is 13.5. The molecule has 0 N–H and O–H groups in total. The van der Waals surface area contributed by atoms with Crippen molar-refractivity contribution in [2.24, 2.45) is 0 Å². The Balaban J connectivity index is 1.85. The fraction of sp³-hybridized carbons (Fsp3) is 0.344. The van der Waals surface area contributed by atoms with Crippen LogP contribution in [0.3, 0.4) is 0 Å². The Kier molecular flexibility index (Phi) is 8.89. The maximum absolute atomic E-state index is 13.9. The van der Waals surface area contributed by atoms with Gasteiger partial charge in [-0.25, -0.2) is 4.98 Å². The number of benzene rings is 3. The van der Waals surface area contributed by atoms with Gasteiger partial charge in [0.15, 0.2) is 0 Å². The van der Waals surface area contributed by atoms with Crippen molar-refractivity contribution in [3.8, 4) is 5.69 Å². The molecule has 0 aliphatic rings. The minimum Gasteiger partial charge on any atom is -0.332 e. The summed E-state index contributed by atoms with van der Waals surface area (Å²) in [6.45, 7) is 6.85. The Morgan fingerprint density at radius 3 is 2.27 bits per heavy atom. The summed E-state index contributed by atoms with van der Waals surface area (Å²) in [6, 6.07) is 25.5. The number of aromatic nitrogens is 2. The molecule has 5 heteroatoms. The summed E-state index contributed by atoms with van der Waals surface area (Å²) >= 11 is 0. The third kappa shape index (κ3) is 5.99. The lowest BCUT2D eigenvalue weighted by molar-refractivity contribution is -0.134. The quantitative estimate of drug-likeness (QED) is 0.234. The number of fused-ring (bicyclic) bond motifs is 1. The summed E-state index contributed by atoms with van der Waals surface area (Å²) in [7, 11) is 0. The topological polar surface area (TPSA) is 55.2 Å². The minimum atomic E-state index is -0.323. The van der Waals surface area contributed by atoms with Gasteiger partial charge in [0.05, 0.1) is 22.6 Å². The zero-order valence-corrected chi connectivity index (χ0v) is 22.2. The number of hydrogen-bond donors (Lipinski definition) is 0. The highest BCUT2D eigenvalue weighted by molar-refractivity contribution is 5.79. The number of amides is 1. The van der Waals surface area contributed by atoms with E-state index >= 15 is 0 Å². The largest absolute Gasteiger partial charge is 0.332 e. The van der Waals surface area contributed by atoms with E-state index in [1.807, 2.05) is 59.5 Å². The highest BCUT2D eigenvalue weighted by atomic mass is 16.2. The molecule has 192 valence electrons. The van der Waals surface area contributed by atoms with Gasteiger partial charge in [-0.15, -0.1) is 0 Å². The second-order valence-electron chi connectivity index (χ2n) is 9.50. The molecule has 0 saturated heterocycles. The second kappa shape index (κ2) is 12.5. The summed E-state index contributed by atoms with van der Waals surface area (Å²) in [6.07, 6.45) is 4.62. The van der Waals surface area contributed by atoms with E-state index in [1.165, 1.54) is 11.1 Å². The lowest BCUT2D eigenvalue weighted by Crippen LogP contribution is -2.39. The predicted molar refractivity (Wildman–Crippen MR) is 151 cm³/mol. The Bertz CT molecular complexity index is 1380. The van der Waals surface area contributed by atoms with E-state index in [4.69, 9.17) is 4.98 Å². The molecule has 0 spiro atoms. The number of nitrogens with zero attached hydrogens (tertiary/aromatic N) is 3. The molecule has 5 nitrogen and oxygen atoms in total. The van der Waals surface area contributed by atoms with Crippen molar-refractivity contribution in [3.63, 3.8) is 0 Å². The SMILES string of the molecule is CCCCC(=O)N(CCc1ccccc1)C(CC)c1nc2ccccc2c(=O)n1-c1ccc(CC)cc1. The molecular formula is C32H37N3O2. The molecule has 0 fully saturated rings. The van der Waals surface area contributed by atoms with Crippen LogP contribution in [0.25, 0.3) is 16.6 Å². The van der Waals surface area contributed by atoms with Crippen LogP contribution in [0.15, 0.2) is 83.7 Å². The lowest BCUT2D eigenvalue weighted by Gasteiger charge is -2.32. The van der Waals surface area contributed by atoms with Gasteiger partial charge < -0.3 is 4.90 Å². The van der Waals surface area contributed by atoms with Gasteiger partial charge in [-0.1, -0.05) is 81.8 Å². The second-order valence-corrected chi connectivity index (χ2v) is 9.50. The van der Waals surface area contributed by atoms with Crippen LogP contribution < -0.4 is 5.56 Å². The molecule has 0 bridgehead atoms. The Hall–Kier alpha value is -3.73. The molecule has 1 amide bonds. The monoisotopic (exact) mass is 495 g/mol. The van der Waals surface area contributed by atoms with E-state index < -0.39 is 0 Å². The van der Waals surface area contributed by atoms with Gasteiger partial charge in [-0.2, -0.15) is 0 Å². The zero-order chi connectivity index (χ0) is 26.2. The van der Waals surface area contributed by atoms with Crippen LogP contribution in [0.1, 0.15) is 69.4 Å². The van der Waals surface area contributed by atoms with Crippen molar-refractivity contribution >= 4 is 16.8 Å². The summed E-state index contributed by atoms with van der Waals surface area (Å²) in [5.41, 5.74) is 3.72. The van der Waals surface area contributed by atoms with E-state index in [0.717, 1.165) is 31.4 Å². The predicted octanol–water partition coefficient (Wildman–Crippen LogP) is 6.66. The molecule has 3 aromatic carbocycles. The normalized spacial score (nSPS) is 12.0. The van der Waals surface area contributed by atoms with Gasteiger partial charge in [-0.05, 0) is 61.1 Å². The lowest BCUT2D eigenvalue weighted by atomic mass is 10.1. The van der Waals surface area contributed by atoms with Crippen LogP contribution >= 0.6 is 0 Å². The smallest absolute Gasteiger partial charge is 0.266 e. The summed E-state index contributed by atoms with van der Waals surface area (Å²) in [4.78, 5) is 34.5. The molecule has 0 radical (unpaired) electrons. The number of carbonyl (C=O) groups is 1. The van der Waals surface area contributed by atoms with Gasteiger partial charge in [0.25, 0.3) is 5.56 Å². The molecule has 4 rings (SSSR count). The van der Waals surface area contributed by atoms with E-state index in [-0.39, 0.29) is 17.5 Å². The van der Waals surface area contributed by atoms with Crippen molar-refractivity contribution in [1.82, 2.24) is 14.5 Å². The van der Waals surface area contributed by atoms with Gasteiger partial charge in [0, 0.05) is 13.0 Å². The highest BCUT2D eigenvalue weighted by Crippen LogP contribution is 2.27. The first kappa shape index (κ1) is 26.3. The molecule has 4 aromatic rings. The Morgan fingerprint density at radius 2 is 1.59 bits per heavy atom. The van der Waals surface area contributed by atoms with Gasteiger partial charge >= 0.3 is 0 Å². The van der Waals surface area contributed by atoms with E-state index in [0.29, 0.717) is 36.1 Å². The van der Waals surface area contributed by atoms with E-state index in [2.05, 4.69) is 45.0 Å². The maximum Gasteiger partial charge on any atom is 0.266 e. The van der Waals surface area contributed by atoms with Crippen LogP contribution in [-0.2, 0) is 17.6 Å². The molecular weight excluding hydrogens is 458 g/mol. The number of aryl methyl sites for hydroxylation is 1. The fourth-order valence-electron chi connectivity index (χ4n) is 4.87. The fourth-order valence-corrected chi connectivity index (χ4v) is 4.87. The first-order valence-electron chi connectivity index (χ1n) is 13.5. The molecule has 1 heterocycles. The molecule has 1 atom stereocenters. The van der Waals surface area contributed by atoms with Crippen molar-refractivity contribution in [2.75, 3.05) is 6.54 Å². The van der Waals surface area contributed by atoms with Crippen LogP contribution in [0.2, 0.25) is 0 Å². The zero-order valence-electron chi connectivity index (χ0n) is 22.2. The number of hydrogen-bond acceptors (Lipinski definition) is 3. The number of para-hydroxylation sites is 1. The first-order chi connectivity index (χ1) is 18.1. The van der Waals surface area contributed by atoms with Crippen LogP contribution in [0, 0.1) is 0 Å². The molecule has 0 aliphatic carbocycles. The number of unbranched alkanes of at least 4 members (excludes halogenated alkanes) is 1. The van der Waals surface area contributed by atoms with Crippen molar-refractivity contribution in [3.05, 3.63) is 106 Å². The van der Waals surface area contributed by atoms with Gasteiger partial charge in [0.1, 0.15) is 5.82 Å². The molecule has 0 saturated carbocycles. The average Bonchev–Trinajstić information content (AvgIpc) is 2.94. The van der Waals surface area contributed by atoms with Crippen LogP contribution in [0.5, 0.6) is 0 Å². The molecule has 37 heavy (non-hydrogen) atoms.